The summed E-state index contributed by atoms with van der Waals surface area (Å²) in [6.45, 7) is 2.80. The van der Waals surface area contributed by atoms with Crippen molar-refractivity contribution in [2.24, 2.45) is 0 Å². The van der Waals surface area contributed by atoms with Crippen molar-refractivity contribution < 1.29 is 23.9 Å². The van der Waals surface area contributed by atoms with Gasteiger partial charge in [0.25, 0.3) is 11.8 Å². The normalized spacial score (nSPS) is 15.8. The second kappa shape index (κ2) is 9.03. The highest BCUT2D eigenvalue weighted by atomic mass is 16.5. The summed E-state index contributed by atoms with van der Waals surface area (Å²) in [7, 11) is 0. The third-order valence-corrected chi connectivity index (χ3v) is 6.09. The van der Waals surface area contributed by atoms with Crippen molar-refractivity contribution in [1.82, 2.24) is 4.90 Å². The van der Waals surface area contributed by atoms with Crippen LogP contribution in [0, 0.1) is 0 Å². The van der Waals surface area contributed by atoms with Gasteiger partial charge in [-0.05, 0) is 23.8 Å². The summed E-state index contributed by atoms with van der Waals surface area (Å²) < 4.78 is 10.8. The Hall–Kier alpha value is -3.71. The number of benzene rings is 3. The van der Waals surface area contributed by atoms with E-state index in [2.05, 4.69) is 4.90 Å². The van der Waals surface area contributed by atoms with Crippen LogP contribution in [0.3, 0.4) is 0 Å². The van der Waals surface area contributed by atoms with E-state index in [1.54, 1.807) is 12.1 Å². The number of hydrogen-bond acceptors (Lipinski definition) is 6. The van der Waals surface area contributed by atoms with Gasteiger partial charge in [-0.2, -0.15) is 0 Å². The molecular weight excluding hydrogens is 420 g/mol. The molecule has 0 saturated carbocycles. The van der Waals surface area contributed by atoms with Gasteiger partial charge >= 0.3 is 5.97 Å². The molecule has 33 heavy (non-hydrogen) atoms. The molecule has 0 unspecified atom stereocenters. The summed E-state index contributed by atoms with van der Waals surface area (Å²) in [4.78, 5) is 41.9. The zero-order chi connectivity index (χ0) is 22.8. The highest BCUT2D eigenvalue weighted by Crippen LogP contribution is 2.36. The third-order valence-electron chi connectivity index (χ3n) is 6.09. The Morgan fingerprint density at radius 2 is 1.61 bits per heavy atom. The van der Waals surface area contributed by atoms with Gasteiger partial charge in [0.2, 0.25) is 0 Å². The Kier molecular flexibility index (Phi) is 5.79. The average Bonchev–Trinajstić information content (AvgIpc) is 2.85. The molecule has 0 aliphatic carbocycles. The first-order chi connectivity index (χ1) is 16.1. The van der Waals surface area contributed by atoms with Crippen LogP contribution in [0.4, 0.5) is 5.69 Å². The van der Waals surface area contributed by atoms with E-state index in [0.29, 0.717) is 29.7 Å². The fourth-order valence-corrected chi connectivity index (χ4v) is 4.48. The van der Waals surface area contributed by atoms with Crippen molar-refractivity contribution in [2.45, 2.75) is 6.42 Å². The summed E-state index contributed by atoms with van der Waals surface area (Å²) in [5.74, 6) is -1.12. The van der Waals surface area contributed by atoms with E-state index in [1.807, 2.05) is 48.5 Å². The van der Waals surface area contributed by atoms with Crippen LogP contribution in [-0.4, -0.2) is 62.1 Å². The number of carbonyl (C=O) groups is 3. The zero-order valence-electron chi connectivity index (χ0n) is 18.2. The van der Waals surface area contributed by atoms with Crippen LogP contribution in [0.5, 0.6) is 0 Å². The number of nitrogens with zero attached hydrogens (tertiary/aromatic N) is 2. The lowest BCUT2D eigenvalue weighted by Crippen LogP contribution is -2.42. The molecule has 2 aliphatic heterocycles. The number of anilines is 1. The van der Waals surface area contributed by atoms with Gasteiger partial charge in [0.15, 0.2) is 0 Å². The smallest absolute Gasteiger partial charge is 0.310 e. The zero-order valence-corrected chi connectivity index (χ0v) is 18.2. The molecule has 1 saturated heterocycles. The molecule has 0 radical (unpaired) electrons. The largest absolute Gasteiger partial charge is 0.464 e. The molecule has 168 valence electrons. The quantitative estimate of drug-likeness (QED) is 0.430. The van der Waals surface area contributed by atoms with Crippen LogP contribution >= 0.6 is 0 Å². The minimum Gasteiger partial charge on any atom is -0.464 e. The maximum Gasteiger partial charge on any atom is 0.310 e. The molecule has 7 nitrogen and oxygen atoms in total. The fraction of sp³-hybridized carbons (Fsp3) is 0.269. The summed E-state index contributed by atoms with van der Waals surface area (Å²) >= 11 is 0. The monoisotopic (exact) mass is 444 g/mol. The Morgan fingerprint density at radius 3 is 2.36 bits per heavy atom. The molecule has 2 amide bonds. The molecular formula is C26H24N2O5. The molecule has 2 aliphatic rings. The number of amides is 2. The van der Waals surface area contributed by atoms with Crippen LogP contribution in [0.1, 0.15) is 26.3 Å². The number of ether oxygens (including phenoxy) is 2. The maximum absolute atomic E-state index is 13.2. The van der Waals surface area contributed by atoms with Crippen LogP contribution in [0.25, 0.3) is 10.8 Å². The molecule has 1 fully saturated rings. The Bertz CT molecular complexity index is 1200. The van der Waals surface area contributed by atoms with Crippen molar-refractivity contribution in [3.8, 4) is 0 Å². The Morgan fingerprint density at radius 1 is 0.879 bits per heavy atom. The first-order valence-corrected chi connectivity index (χ1v) is 11.1. The predicted octanol–water partition coefficient (Wildman–Crippen LogP) is 3.06. The van der Waals surface area contributed by atoms with Crippen molar-refractivity contribution in [3.63, 3.8) is 0 Å². The fourth-order valence-electron chi connectivity index (χ4n) is 4.48. The molecule has 7 heteroatoms. The van der Waals surface area contributed by atoms with E-state index in [-0.39, 0.29) is 31.4 Å². The number of morpholine rings is 1. The van der Waals surface area contributed by atoms with Gasteiger partial charge in [-0.3, -0.25) is 19.3 Å². The van der Waals surface area contributed by atoms with E-state index in [1.165, 1.54) is 4.90 Å². The standard InChI is InChI=1S/C26H24N2O5/c29-23(17-18-5-2-1-3-6-18)33-16-13-28-25(30)20-8-4-7-19-22(27-11-14-32-15-12-27)10-9-21(24(19)20)26(28)31/h1-10H,11-17H2. The van der Waals surface area contributed by atoms with Gasteiger partial charge in [0, 0.05) is 40.7 Å². The lowest BCUT2D eigenvalue weighted by molar-refractivity contribution is -0.143. The van der Waals surface area contributed by atoms with Crippen LogP contribution < -0.4 is 4.90 Å². The summed E-state index contributed by atoms with van der Waals surface area (Å²) in [6.07, 6.45) is 0.148. The number of imide groups is 1. The van der Waals surface area contributed by atoms with E-state index in [9.17, 15) is 14.4 Å². The van der Waals surface area contributed by atoms with E-state index in [0.717, 1.165) is 29.7 Å². The van der Waals surface area contributed by atoms with Crippen molar-refractivity contribution in [1.29, 1.82) is 0 Å². The third kappa shape index (κ3) is 4.07. The minimum absolute atomic E-state index is 0.0131. The highest BCUT2D eigenvalue weighted by molar-refractivity contribution is 6.26. The lowest BCUT2D eigenvalue weighted by Gasteiger charge is -2.32. The second-order valence-corrected chi connectivity index (χ2v) is 8.10. The summed E-state index contributed by atoms with van der Waals surface area (Å²) in [5, 5.41) is 1.58. The maximum atomic E-state index is 13.2. The van der Waals surface area contributed by atoms with Crippen molar-refractivity contribution in [2.75, 3.05) is 44.4 Å². The molecule has 5 rings (SSSR count). The molecule has 0 aromatic heterocycles. The number of carbonyl (C=O) groups excluding carboxylic acids is 3. The molecule has 0 atom stereocenters. The molecule has 3 aromatic rings. The number of hydrogen-bond donors (Lipinski definition) is 0. The van der Waals surface area contributed by atoms with E-state index >= 15 is 0 Å². The lowest BCUT2D eigenvalue weighted by atomic mass is 9.92. The first kappa shape index (κ1) is 21.2. The second-order valence-electron chi connectivity index (χ2n) is 8.10. The van der Waals surface area contributed by atoms with Crippen molar-refractivity contribution >= 4 is 34.2 Å². The SMILES string of the molecule is O=C(Cc1ccccc1)OCCN1C(=O)c2cccc3c(N4CCOCC4)ccc(c23)C1=O. The van der Waals surface area contributed by atoms with Gasteiger partial charge in [-0.1, -0.05) is 42.5 Å². The van der Waals surface area contributed by atoms with Crippen LogP contribution in [0.2, 0.25) is 0 Å². The van der Waals surface area contributed by atoms with Gasteiger partial charge in [0.05, 0.1) is 26.2 Å². The Balaban J connectivity index is 1.34. The Labute approximate surface area is 191 Å². The average molecular weight is 444 g/mol. The highest BCUT2D eigenvalue weighted by Gasteiger charge is 2.33. The van der Waals surface area contributed by atoms with Crippen LogP contribution in [-0.2, 0) is 20.7 Å². The van der Waals surface area contributed by atoms with Gasteiger partial charge in [-0.15, -0.1) is 0 Å². The summed E-state index contributed by atoms with van der Waals surface area (Å²) in [5.41, 5.74) is 2.84. The molecule has 2 heterocycles. The topological polar surface area (TPSA) is 76.2 Å². The van der Waals surface area contributed by atoms with Gasteiger partial charge in [0.1, 0.15) is 6.61 Å². The minimum atomic E-state index is -0.393. The molecule has 0 N–H and O–H groups in total. The predicted molar refractivity (Wildman–Crippen MR) is 123 cm³/mol. The van der Waals surface area contributed by atoms with Crippen molar-refractivity contribution in [3.05, 3.63) is 77.4 Å². The number of rotatable bonds is 6. The number of esters is 1. The van der Waals surface area contributed by atoms with E-state index in [4.69, 9.17) is 9.47 Å². The molecule has 0 bridgehead atoms. The van der Waals surface area contributed by atoms with Crippen LogP contribution in [0.15, 0.2) is 60.7 Å². The van der Waals surface area contributed by atoms with Gasteiger partial charge in [-0.25, -0.2) is 0 Å². The van der Waals surface area contributed by atoms with E-state index < -0.39 is 5.97 Å². The molecule has 3 aromatic carbocycles. The molecule has 0 spiro atoms. The first-order valence-electron chi connectivity index (χ1n) is 11.1. The van der Waals surface area contributed by atoms with Gasteiger partial charge < -0.3 is 14.4 Å². The summed E-state index contributed by atoms with van der Waals surface area (Å²) in [6, 6.07) is 18.6.